The first-order valence-electron chi connectivity index (χ1n) is 10.6. The van der Waals surface area contributed by atoms with E-state index in [0.717, 1.165) is 30.3 Å². The average Bonchev–Trinajstić information content (AvgIpc) is 3.55. The van der Waals surface area contributed by atoms with Gasteiger partial charge in [-0.25, -0.2) is 9.97 Å². The number of aromatic nitrogens is 4. The summed E-state index contributed by atoms with van der Waals surface area (Å²) in [5, 5.41) is 0.206. The number of rotatable bonds is 8. The SMILES string of the molecule is CN=C(C(=C(N)OC)c1ncc(Cl)c(OCc2ccc(-c3ncc(C(F)(F)F)[nH]3)cc2)n1)C1CC1. The highest BCUT2D eigenvalue weighted by molar-refractivity contribution is 6.31. The predicted molar refractivity (Wildman–Crippen MR) is 125 cm³/mol. The van der Waals surface area contributed by atoms with Crippen molar-refractivity contribution in [3.05, 3.63) is 64.6 Å². The molecule has 0 saturated heterocycles. The Morgan fingerprint density at radius 3 is 2.49 bits per heavy atom. The number of nitrogens with two attached hydrogens (primary N) is 1. The van der Waals surface area contributed by atoms with E-state index in [9.17, 15) is 13.2 Å². The molecule has 0 radical (unpaired) electrons. The van der Waals surface area contributed by atoms with Crippen LogP contribution >= 0.6 is 11.6 Å². The maximum absolute atomic E-state index is 12.8. The van der Waals surface area contributed by atoms with Gasteiger partial charge in [-0.2, -0.15) is 18.2 Å². The van der Waals surface area contributed by atoms with Crippen LogP contribution in [-0.4, -0.2) is 39.8 Å². The van der Waals surface area contributed by atoms with Crippen LogP contribution < -0.4 is 10.5 Å². The molecule has 0 atom stereocenters. The van der Waals surface area contributed by atoms with E-state index in [-0.39, 0.29) is 41.0 Å². The van der Waals surface area contributed by atoms with Crippen molar-refractivity contribution >= 4 is 22.9 Å². The summed E-state index contributed by atoms with van der Waals surface area (Å²) in [5.41, 5.74) is 7.69. The molecule has 1 aliphatic carbocycles. The fraction of sp³-hybridized carbons (Fsp3) is 0.304. The number of aromatic amines is 1. The third-order valence-electron chi connectivity index (χ3n) is 5.35. The van der Waals surface area contributed by atoms with Gasteiger partial charge in [0.2, 0.25) is 5.88 Å². The minimum absolute atomic E-state index is 0.110. The van der Waals surface area contributed by atoms with Crippen molar-refractivity contribution < 1.29 is 22.6 Å². The van der Waals surface area contributed by atoms with E-state index in [1.807, 2.05) is 0 Å². The number of benzene rings is 1. The van der Waals surface area contributed by atoms with Crippen LogP contribution in [0.2, 0.25) is 5.02 Å². The molecular weight excluding hydrogens is 485 g/mol. The molecular formula is C23H22ClF3N6O2. The molecule has 3 N–H and O–H groups in total. The van der Waals surface area contributed by atoms with Gasteiger partial charge in [-0.15, -0.1) is 0 Å². The Morgan fingerprint density at radius 1 is 1.20 bits per heavy atom. The van der Waals surface area contributed by atoms with Crippen LogP contribution in [0.25, 0.3) is 17.0 Å². The van der Waals surface area contributed by atoms with E-state index >= 15 is 0 Å². The van der Waals surface area contributed by atoms with Gasteiger partial charge in [-0.05, 0) is 18.4 Å². The van der Waals surface area contributed by atoms with E-state index in [4.69, 9.17) is 26.8 Å². The Morgan fingerprint density at radius 2 is 1.91 bits per heavy atom. The number of ether oxygens (including phenoxy) is 2. The quantitative estimate of drug-likeness (QED) is 0.333. The molecule has 4 rings (SSSR count). The highest BCUT2D eigenvalue weighted by Gasteiger charge is 2.34. The molecule has 0 unspecified atom stereocenters. The van der Waals surface area contributed by atoms with Crippen LogP contribution in [-0.2, 0) is 17.5 Å². The fourth-order valence-electron chi connectivity index (χ4n) is 3.40. The minimum atomic E-state index is -4.49. The van der Waals surface area contributed by atoms with Gasteiger partial charge in [-0.3, -0.25) is 4.99 Å². The topological polar surface area (TPSA) is 111 Å². The van der Waals surface area contributed by atoms with Gasteiger partial charge in [-0.1, -0.05) is 35.9 Å². The number of H-pyrrole nitrogens is 1. The van der Waals surface area contributed by atoms with Gasteiger partial charge in [0.05, 0.1) is 25.2 Å². The molecule has 3 aromatic rings. The summed E-state index contributed by atoms with van der Waals surface area (Å²) in [4.78, 5) is 19.2. The number of methoxy groups -OCH3 is 1. The number of allylic oxidation sites excluding steroid dienone is 1. The van der Waals surface area contributed by atoms with E-state index in [0.29, 0.717) is 11.1 Å². The number of hydrogen-bond donors (Lipinski definition) is 2. The first kappa shape index (κ1) is 24.5. The summed E-state index contributed by atoms with van der Waals surface area (Å²) in [7, 11) is 3.14. The zero-order valence-electron chi connectivity index (χ0n) is 18.9. The maximum atomic E-state index is 12.8. The van der Waals surface area contributed by atoms with E-state index in [1.54, 1.807) is 31.3 Å². The molecule has 0 spiro atoms. The average molecular weight is 507 g/mol. The van der Waals surface area contributed by atoms with Crippen molar-refractivity contribution in [3.63, 3.8) is 0 Å². The van der Waals surface area contributed by atoms with Gasteiger partial charge in [0, 0.05) is 18.5 Å². The first-order valence-corrected chi connectivity index (χ1v) is 11.0. The molecule has 1 aromatic carbocycles. The lowest BCUT2D eigenvalue weighted by Gasteiger charge is -2.14. The van der Waals surface area contributed by atoms with Crippen LogP contribution in [0, 0.1) is 5.92 Å². The van der Waals surface area contributed by atoms with E-state index < -0.39 is 11.9 Å². The largest absolute Gasteiger partial charge is 0.482 e. The number of aliphatic imine (C=N–C) groups is 1. The molecule has 1 fully saturated rings. The Balaban J connectivity index is 1.51. The molecule has 184 valence electrons. The van der Waals surface area contributed by atoms with Crippen LogP contribution in [0.1, 0.15) is 29.9 Å². The normalized spacial score (nSPS) is 15.1. The smallest absolute Gasteiger partial charge is 0.432 e. The van der Waals surface area contributed by atoms with Gasteiger partial charge >= 0.3 is 6.18 Å². The van der Waals surface area contributed by atoms with Gasteiger partial charge in [0.15, 0.2) is 11.7 Å². The predicted octanol–water partition coefficient (Wildman–Crippen LogP) is 4.87. The summed E-state index contributed by atoms with van der Waals surface area (Å²) >= 11 is 6.25. The summed E-state index contributed by atoms with van der Waals surface area (Å²) in [6.07, 6.45) is -0.316. The molecule has 0 aliphatic heterocycles. The second-order valence-electron chi connectivity index (χ2n) is 7.80. The second kappa shape index (κ2) is 9.95. The molecule has 2 aromatic heterocycles. The van der Waals surface area contributed by atoms with Crippen molar-refractivity contribution in [2.24, 2.45) is 16.6 Å². The zero-order valence-corrected chi connectivity index (χ0v) is 19.6. The van der Waals surface area contributed by atoms with Crippen molar-refractivity contribution in [2.45, 2.75) is 25.6 Å². The number of imidazole rings is 1. The van der Waals surface area contributed by atoms with E-state index in [2.05, 4.69) is 24.9 Å². The number of alkyl halides is 3. The number of nitrogens with zero attached hydrogens (tertiary/aromatic N) is 4. The molecule has 1 aliphatic rings. The van der Waals surface area contributed by atoms with Crippen LogP contribution in [0.3, 0.4) is 0 Å². The minimum Gasteiger partial charge on any atom is -0.482 e. The van der Waals surface area contributed by atoms with Gasteiger partial charge in [0.1, 0.15) is 28.7 Å². The Kier molecular flexibility index (Phi) is 6.97. The summed E-state index contributed by atoms with van der Waals surface area (Å²) in [6, 6.07) is 6.71. The van der Waals surface area contributed by atoms with Crippen molar-refractivity contribution in [3.8, 4) is 17.3 Å². The summed E-state index contributed by atoms with van der Waals surface area (Å²) in [5.74, 6) is 0.965. The third kappa shape index (κ3) is 5.56. The second-order valence-corrected chi connectivity index (χ2v) is 8.21. The number of nitrogens with one attached hydrogen (secondary N) is 1. The number of halogens is 4. The number of hydrogen-bond acceptors (Lipinski definition) is 7. The van der Waals surface area contributed by atoms with Gasteiger partial charge in [0.25, 0.3) is 0 Å². The molecule has 2 heterocycles. The van der Waals surface area contributed by atoms with E-state index in [1.165, 1.54) is 13.3 Å². The third-order valence-corrected chi connectivity index (χ3v) is 5.61. The highest BCUT2D eigenvalue weighted by Crippen LogP contribution is 2.37. The zero-order chi connectivity index (χ0) is 25.2. The summed E-state index contributed by atoms with van der Waals surface area (Å²) < 4.78 is 49.4. The maximum Gasteiger partial charge on any atom is 0.432 e. The van der Waals surface area contributed by atoms with Gasteiger partial charge < -0.3 is 20.2 Å². The van der Waals surface area contributed by atoms with Crippen molar-refractivity contribution in [2.75, 3.05) is 14.2 Å². The molecule has 1 saturated carbocycles. The lowest BCUT2D eigenvalue weighted by Crippen LogP contribution is -2.16. The van der Waals surface area contributed by atoms with Crippen LogP contribution in [0.4, 0.5) is 13.2 Å². The molecule has 12 heteroatoms. The van der Waals surface area contributed by atoms with Crippen molar-refractivity contribution in [1.82, 2.24) is 19.9 Å². The molecule has 35 heavy (non-hydrogen) atoms. The van der Waals surface area contributed by atoms with Crippen LogP contribution in [0.15, 0.2) is 47.5 Å². The van der Waals surface area contributed by atoms with Crippen LogP contribution in [0.5, 0.6) is 5.88 Å². The molecule has 0 amide bonds. The molecule has 0 bridgehead atoms. The fourth-order valence-corrected chi connectivity index (χ4v) is 3.55. The Bertz CT molecular complexity index is 1270. The Hall–Kier alpha value is -3.60. The standard InChI is InChI=1S/C23H22ClF3N6O2/c1-29-18(13-7-8-13)17(19(28)34-2)21-30-9-15(24)22(33-21)35-11-12-3-5-14(6-4-12)20-31-10-16(32-20)23(25,26)27/h3-6,9-10,13H,7-8,11,28H2,1-2H3,(H,31,32). The lowest BCUT2D eigenvalue weighted by atomic mass is 10.1. The highest BCUT2D eigenvalue weighted by atomic mass is 35.5. The monoisotopic (exact) mass is 506 g/mol. The Labute approximate surface area is 204 Å². The lowest BCUT2D eigenvalue weighted by molar-refractivity contribution is -0.140. The molecule has 8 nitrogen and oxygen atoms in total. The summed E-state index contributed by atoms with van der Waals surface area (Å²) in [6.45, 7) is 0.110. The van der Waals surface area contributed by atoms with Crippen molar-refractivity contribution in [1.29, 1.82) is 0 Å². The first-order chi connectivity index (χ1) is 16.7.